The molecule has 0 aromatic carbocycles. The highest BCUT2D eigenvalue weighted by atomic mass is 16.4. The first kappa shape index (κ1) is 15.4. The van der Waals surface area contributed by atoms with Crippen molar-refractivity contribution in [2.75, 3.05) is 26.2 Å². The molecule has 0 atom stereocenters. The Morgan fingerprint density at radius 1 is 1.28 bits per heavy atom. The van der Waals surface area contributed by atoms with Crippen molar-refractivity contribution in [1.82, 2.24) is 9.80 Å². The van der Waals surface area contributed by atoms with Crippen LogP contribution >= 0.6 is 0 Å². The van der Waals surface area contributed by atoms with Gasteiger partial charge in [-0.15, -0.1) is 0 Å². The predicted octanol–water partition coefficient (Wildman–Crippen LogP) is 2.05. The smallest absolute Gasteiger partial charge is 0.305 e. The van der Waals surface area contributed by atoms with E-state index in [0.717, 1.165) is 39.0 Å². The summed E-state index contributed by atoms with van der Waals surface area (Å²) in [4.78, 5) is 16.0. The van der Waals surface area contributed by atoms with Crippen LogP contribution in [0, 0.1) is 0 Å². The number of piperidine rings is 1. The summed E-state index contributed by atoms with van der Waals surface area (Å²) in [5.41, 5.74) is -0.124. The number of rotatable bonds is 6. The molecule has 0 saturated carbocycles. The first-order chi connectivity index (χ1) is 8.45. The Labute approximate surface area is 111 Å². The Kier molecular flexibility index (Phi) is 5.60. The van der Waals surface area contributed by atoms with Crippen molar-refractivity contribution < 1.29 is 9.90 Å². The Hall–Kier alpha value is -0.610. The first-order valence-electron chi connectivity index (χ1n) is 7.16. The maximum atomic E-state index is 11.2. The highest BCUT2D eigenvalue weighted by Gasteiger charge is 2.40. The first-order valence-corrected chi connectivity index (χ1v) is 7.16. The second-order valence-corrected chi connectivity index (χ2v) is 5.60. The van der Waals surface area contributed by atoms with Gasteiger partial charge in [0.2, 0.25) is 0 Å². The van der Waals surface area contributed by atoms with Gasteiger partial charge in [0.05, 0.1) is 6.42 Å². The van der Waals surface area contributed by atoms with Crippen LogP contribution in [0.4, 0.5) is 0 Å². The molecular formula is C14H28N2O2. The molecule has 1 saturated heterocycles. The van der Waals surface area contributed by atoms with E-state index < -0.39 is 5.97 Å². The molecule has 18 heavy (non-hydrogen) atoms. The Morgan fingerprint density at radius 3 is 2.11 bits per heavy atom. The fourth-order valence-corrected chi connectivity index (χ4v) is 3.24. The number of hydrogen-bond acceptors (Lipinski definition) is 3. The van der Waals surface area contributed by atoms with Crippen molar-refractivity contribution in [3.63, 3.8) is 0 Å². The van der Waals surface area contributed by atoms with E-state index in [-0.39, 0.29) is 12.0 Å². The highest BCUT2D eigenvalue weighted by molar-refractivity contribution is 5.68. The fourth-order valence-electron chi connectivity index (χ4n) is 3.24. The van der Waals surface area contributed by atoms with Gasteiger partial charge in [0.15, 0.2) is 0 Å². The zero-order valence-corrected chi connectivity index (χ0v) is 12.3. The average Bonchev–Trinajstić information content (AvgIpc) is 2.30. The van der Waals surface area contributed by atoms with Crippen molar-refractivity contribution in [3.05, 3.63) is 0 Å². The number of carbonyl (C=O) groups is 1. The average molecular weight is 256 g/mol. The molecule has 1 fully saturated rings. The van der Waals surface area contributed by atoms with Crippen molar-refractivity contribution in [2.45, 2.75) is 58.5 Å². The lowest BCUT2D eigenvalue weighted by Crippen LogP contribution is -2.57. The third-order valence-electron chi connectivity index (χ3n) is 4.37. The summed E-state index contributed by atoms with van der Waals surface area (Å²) >= 11 is 0. The second-order valence-electron chi connectivity index (χ2n) is 5.60. The van der Waals surface area contributed by atoms with E-state index in [1.54, 1.807) is 0 Å². The third-order valence-corrected chi connectivity index (χ3v) is 4.37. The summed E-state index contributed by atoms with van der Waals surface area (Å²) in [6, 6.07) is 0.560. The van der Waals surface area contributed by atoms with Crippen LogP contribution in [0.15, 0.2) is 0 Å². The highest BCUT2D eigenvalue weighted by Crippen LogP contribution is 2.32. The largest absolute Gasteiger partial charge is 0.481 e. The molecule has 0 aromatic heterocycles. The normalized spacial score (nSPS) is 20.6. The van der Waals surface area contributed by atoms with Gasteiger partial charge in [0, 0.05) is 24.7 Å². The fraction of sp³-hybridized carbons (Fsp3) is 0.929. The van der Waals surface area contributed by atoms with Crippen LogP contribution in [0.3, 0.4) is 0 Å². The zero-order chi connectivity index (χ0) is 13.8. The van der Waals surface area contributed by atoms with E-state index in [9.17, 15) is 9.90 Å². The molecule has 1 rings (SSSR count). The molecule has 1 heterocycles. The summed E-state index contributed by atoms with van der Waals surface area (Å²) in [7, 11) is 0. The topological polar surface area (TPSA) is 43.8 Å². The van der Waals surface area contributed by atoms with Gasteiger partial charge in [-0.3, -0.25) is 9.69 Å². The second kappa shape index (κ2) is 6.53. The monoisotopic (exact) mass is 256 g/mol. The van der Waals surface area contributed by atoms with Gasteiger partial charge in [0.1, 0.15) is 0 Å². The summed E-state index contributed by atoms with van der Waals surface area (Å²) in [5.74, 6) is -0.667. The van der Waals surface area contributed by atoms with Gasteiger partial charge in [-0.05, 0) is 39.8 Å². The van der Waals surface area contributed by atoms with Crippen LogP contribution in [0.5, 0.6) is 0 Å². The lowest BCUT2D eigenvalue weighted by atomic mass is 9.82. The molecule has 1 aliphatic rings. The van der Waals surface area contributed by atoms with Crippen LogP contribution in [-0.2, 0) is 4.79 Å². The molecule has 0 amide bonds. The van der Waals surface area contributed by atoms with Crippen LogP contribution in [0.2, 0.25) is 0 Å². The van der Waals surface area contributed by atoms with E-state index in [0.29, 0.717) is 6.04 Å². The standard InChI is InChI=1S/C14H28N2O2/c1-5-16(6-2)14(11-13(17)18)7-9-15(10-8-14)12(3)4/h12H,5-11H2,1-4H3,(H,17,18). The summed E-state index contributed by atoms with van der Waals surface area (Å²) < 4.78 is 0. The maximum absolute atomic E-state index is 11.2. The lowest BCUT2D eigenvalue weighted by Gasteiger charge is -2.48. The van der Waals surface area contributed by atoms with Crippen LogP contribution in [0.25, 0.3) is 0 Å². The lowest BCUT2D eigenvalue weighted by molar-refractivity contribution is -0.141. The van der Waals surface area contributed by atoms with Crippen LogP contribution < -0.4 is 0 Å². The minimum atomic E-state index is -0.667. The summed E-state index contributed by atoms with van der Waals surface area (Å²) in [6.45, 7) is 12.6. The van der Waals surface area contributed by atoms with Crippen LogP contribution in [0.1, 0.15) is 47.0 Å². The van der Waals surface area contributed by atoms with Gasteiger partial charge in [-0.2, -0.15) is 0 Å². The van der Waals surface area contributed by atoms with Gasteiger partial charge >= 0.3 is 5.97 Å². The Bertz CT molecular complexity index is 267. The zero-order valence-electron chi connectivity index (χ0n) is 12.3. The quantitative estimate of drug-likeness (QED) is 0.790. The van der Waals surface area contributed by atoms with E-state index in [1.807, 2.05) is 0 Å². The maximum Gasteiger partial charge on any atom is 0.305 e. The molecule has 0 aliphatic carbocycles. The van der Waals surface area contributed by atoms with E-state index in [4.69, 9.17) is 0 Å². The molecule has 4 nitrogen and oxygen atoms in total. The molecule has 1 N–H and O–H groups in total. The molecule has 0 bridgehead atoms. The van der Waals surface area contributed by atoms with E-state index in [2.05, 4.69) is 37.5 Å². The molecule has 0 spiro atoms. The summed E-state index contributed by atoms with van der Waals surface area (Å²) in [5, 5.41) is 9.21. The number of hydrogen-bond donors (Lipinski definition) is 1. The van der Waals surface area contributed by atoms with Crippen molar-refractivity contribution >= 4 is 5.97 Å². The molecule has 106 valence electrons. The molecule has 0 radical (unpaired) electrons. The van der Waals surface area contributed by atoms with E-state index in [1.165, 1.54) is 0 Å². The van der Waals surface area contributed by atoms with Crippen LogP contribution in [-0.4, -0.2) is 58.6 Å². The van der Waals surface area contributed by atoms with Gasteiger partial charge in [0.25, 0.3) is 0 Å². The Balaban J connectivity index is 2.78. The minimum absolute atomic E-state index is 0.124. The van der Waals surface area contributed by atoms with Crippen molar-refractivity contribution in [2.24, 2.45) is 0 Å². The SMILES string of the molecule is CCN(CC)C1(CC(=O)O)CCN(C(C)C)CC1. The van der Waals surface area contributed by atoms with Gasteiger partial charge < -0.3 is 10.0 Å². The predicted molar refractivity (Wildman–Crippen MR) is 73.8 cm³/mol. The summed E-state index contributed by atoms with van der Waals surface area (Å²) in [6.07, 6.45) is 2.22. The number of carboxylic acids is 1. The molecular weight excluding hydrogens is 228 g/mol. The van der Waals surface area contributed by atoms with Crippen molar-refractivity contribution in [1.29, 1.82) is 0 Å². The van der Waals surface area contributed by atoms with Gasteiger partial charge in [-0.25, -0.2) is 0 Å². The molecule has 0 aromatic rings. The molecule has 0 unspecified atom stereocenters. The molecule has 1 aliphatic heterocycles. The third kappa shape index (κ3) is 3.45. The number of carboxylic acid groups (broad SMARTS) is 1. The van der Waals surface area contributed by atoms with Crippen molar-refractivity contribution in [3.8, 4) is 0 Å². The number of nitrogens with zero attached hydrogens (tertiary/aromatic N) is 2. The Morgan fingerprint density at radius 2 is 1.78 bits per heavy atom. The van der Waals surface area contributed by atoms with E-state index >= 15 is 0 Å². The number of aliphatic carboxylic acids is 1. The molecule has 4 heteroatoms. The van der Waals surface area contributed by atoms with Gasteiger partial charge in [-0.1, -0.05) is 13.8 Å². The number of likely N-dealkylation sites (tertiary alicyclic amines) is 1. The minimum Gasteiger partial charge on any atom is -0.481 e.